The van der Waals surface area contributed by atoms with Crippen molar-refractivity contribution in [3.63, 3.8) is 0 Å². The van der Waals surface area contributed by atoms with E-state index in [1.807, 2.05) is 68.7 Å². The molecule has 3 amide bonds. The topological polar surface area (TPSA) is 80.6 Å². The Morgan fingerprint density at radius 2 is 1.87 bits per heavy atom. The molecule has 30 heavy (non-hydrogen) atoms. The summed E-state index contributed by atoms with van der Waals surface area (Å²) in [6, 6.07) is 10.5. The molecule has 7 heteroatoms. The predicted molar refractivity (Wildman–Crippen MR) is 113 cm³/mol. The minimum absolute atomic E-state index is 0.0686. The van der Waals surface area contributed by atoms with Gasteiger partial charge in [0.05, 0.1) is 19.2 Å². The first-order valence-corrected chi connectivity index (χ1v) is 10.2. The van der Waals surface area contributed by atoms with Gasteiger partial charge in [-0.25, -0.2) is 4.79 Å². The largest absolute Gasteiger partial charge is 0.383 e. The van der Waals surface area contributed by atoms with Gasteiger partial charge >= 0.3 is 6.03 Å². The number of hydrogen-bond donors (Lipinski definition) is 1. The van der Waals surface area contributed by atoms with Crippen LogP contribution >= 0.6 is 0 Å². The monoisotopic (exact) mass is 411 g/mol. The standard InChI is InChI=1S/C23H29N3O4/c1-6-23(18-10-8-7-9-11-18)21(28)25(22(29)24-23)13-20(27)19-12-15(2)26(17(19)4)16(3)14-30-5/h7-12,16H,6,13-14H2,1-5H3,(H,24,29)/t16-,23-/m0/s1. The minimum Gasteiger partial charge on any atom is -0.383 e. The quantitative estimate of drug-likeness (QED) is 0.534. The fourth-order valence-electron chi connectivity index (χ4n) is 4.41. The fourth-order valence-corrected chi connectivity index (χ4v) is 4.41. The number of carbonyl (C=O) groups excluding carboxylic acids is 3. The average molecular weight is 412 g/mol. The molecule has 0 aliphatic carbocycles. The molecule has 7 nitrogen and oxygen atoms in total. The van der Waals surface area contributed by atoms with Crippen LogP contribution in [0.4, 0.5) is 4.79 Å². The molecule has 160 valence electrons. The molecule has 1 N–H and O–H groups in total. The van der Waals surface area contributed by atoms with Crippen LogP contribution in [0.3, 0.4) is 0 Å². The molecule has 0 radical (unpaired) electrons. The number of benzene rings is 1. The number of nitrogens with one attached hydrogen (secondary N) is 1. The molecule has 0 spiro atoms. The van der Waals surface area contributed by atoms with Crippen LogP contribution in [0.25, 0.3) is 0 Å². The third-order valence-corrected chi connectivity index (χ3v) is 5.91. The van der Waals surface area contributed by atoms with Crippen molar-refractivity contribution < 1.29 is 19.1 Å². The molecular weight excluding hydrogens is 382 g/mol. The van der Waals surface area contributed by atoms with Gasteiger partial charge in [-0.1, -0.05) is 37.3 Å². The lowest BCUT2D eigenvalue weighted by atomic mass is 9.87. The molecule has 1 aliphatic rings. The summed E-state index contributed by atoms with van der Waals surface area (Å²) < 4.78 is 7.28. The number of ketones is 1. The summed E-state index contributed by atoms with van der Waals surface area (Å²) in [5, 5.41) is 2.82. The molecule has 1 saturated heterocycles. The number of imide groups is 1. The van der Waals surface area contributed by atoms with Crippen molar-refractivity contribution in [2.75, 3.05) is 20.3 Å². The van der Waals surface area contributed by atoms with Crippen molar-refractivity contribution in [1.29, 1.82) is 0 Å². The summed E-state index contributed by atoms with van der Waals surface area (Å²) in [6.07, 6.45) is 0.398. The smallest absolute Gasteiger partial charge is 0.325 e. The van der Waals surface area contributed by atoms with Gasteiger partial charge < -0.3 is 14.6 Å². The van der Waals surface area contributed by atoms with Crippen LogP contribution in [0.1, 0.15) is 53.6 Å². The van der Waals surface area contributed by atoms with Crippen molar-refractivity contribution in [3.05, 3.63) is 58.9 Å². The Balaban J connectivity index is 1.87. The van der Waals surface area contributed by atoms with E-state index in [0.29, 0.717) is 24.2 Å². The molecule has 0 unspecified atom stereocenters. The van der Waals surface area contributed by atoms with Gasteiger partial charge in [-0.2, -0.15) is 0 Å². The molecule has 1 aliphatic heterocycles. The summed E-state index contributed by atoms with van der Waals surface area (Å²) in [5.41, 5.74) is 1.84. The van der Waals surface area contributed by atoms with E-state index in [0.717, 1.165) is 16.3 Å². The van der Waals surface area contributed by atoms with Gasteiger partial charge in [0, 0.05) is 24.1 Å². The van der Waals surface area contributed by atoms with Crippen molar-refractivity contribution >= 4 is 17.7 Å². The number of aryl methyl sites for hydroxylation is 1. The molecule has 0 bridgehead atoms. The Labute approximate surface area is 177 Å². The van der Waals surface area contributed by atoms with Crippen LogP contribution in [0.15, 0.2) is 36.4 Å². The lowest BCUT2D eigenvalue weighted by Gasteiger charge is -2.25. The second-order valence-corrected chi connectivity index (χ2v) is 7.83. The fraction of sp³-hybridized carbons (Fsp3) is 0.435. The Morgan fingerprint density at radius 3 is 2.47 bits per heavy atom. The van der Waals surface area contributed by atoms with Crippen LogP contribution in [-0.4, -0.2) is 47.4 Å². The van der Waals surface area contributed by atoms with Crippen molar-refractivity contribution in [2.45, 2.75) is 45.7 Å². The highest BCUT2D eigenvalue weighted by Gasteiger charge is 2.51. The number of ether oxygens (including phenoxy) is 1. The summed E-state index contributed by atoms with van der Waals surface area (Å²) in [5.74, 6) is -0.654. The molecular formula is C23H29N3O4. The number of methoxy groups -OCH3 is 1. The van der Waals surface area contributed by atoms with Crippen LogP contribution in [-0.2, 0) is 15.1 Å². The van der Waals surface area contributed by atoms with Crippen LogP contribution in [0, 0.1) is 13.8 Å². The predicted octanol–water partition coefficient (Wildman–Crippen LogP) is 3.35. The zero-order valence-corrected chi connectivity index (χ0v) is 18.2. The molecule has 2 atom stereocenters. The van der Waals surface area contributed by atoms with Gasteiger partial charge in [0.25, 0.3) is 5.91 Å². The maximum absolute atomic E-state index is 13.3. The highest BCUT2D eigenvalue weighted by Crippen LogP contribution is 2.32. The molecule has 2 aromatic rings. The first-order valence-electron chi connectivity index (χ1n) is 10.2. The first-order chi connectivity index (χ1) is 14.3. The van der Waals surface area contributed by atoms with Crippen molar-refractivity contribution in [1.82, 2.24) is 14.8 Å². The van der Waals surface area contributed by atoms with E-state index in [2.05, 4.69) is 5.32 Å². The van der Waals surface area contributed by atoms with Gasteiger partial charge in [0.15, 0.2) is 5.78 Å². The lowest BCUT2D eigenvalue weighted by Crippen LogP contribution is -2.43. The molecule has 3 rings (SSSR count). The van der Waals surface area contributed by atoms with Gasteiger partial charge in [-0.05, 0) is 38.8 Å². The van der Waals surface area contributed by atoms with Crippen LogP contribution in [0.5, 0.6) is 0 Å². The molecule has 1 aromatic carbocycles. The second kappa shape index (κ2) is 8.44. The van der Waals surface area contributed by atoms with Gasteiger partial charge in [0.1, 0.15) is 5.54 Å². The number of Topliss-reactive ketones (excluding diaryl/α,β-unsaturated/α-hetero) is 1. The molecule has 2 heterocycles. The van der Waals surface area contributed by atoms with Crippen LogP contribution < -0.4 is 5.32 Å². The summed E-state index contributed by atoms with van der Waals surface area (Å²) in [7, 11) is 1.64. The summed E-state index contributed by atoms with van der Waals surface area (Å²) in [6.45, 7) is 7.90. The highest BCUT2D eigenvalue weighted by molar-refractivity contribution is 6.11. The molecule has 1 fully saturated rings. The Morgan fingerprint density at radius 1 is 1.20 bits per heavy atom. The Kier molecular flexibility index (Phi) is 6.12. The Bertz CT molecular complexity index is 966. The van der Waals surface area contributed by atoms with E-state index < -0.39 is 17.5 Å². The summed E-state index contributed by atoms with van der Waals surface area (Å²) >= 11 is 0. The van der Waals surface area contributed by atoms with Crippen LogP contribution in [0.2, 0.25) is 0 Å². The van der Waals surface area contributed by atoms with E-state index in [-0.39, 0.29) is 18.4 Å². The number of urea groups is 1. The zero-order valence-electron chi connectivity index (χ0n) is 18.2. The SMILES string of the molecule is CC[C@@]1(c2ccccc2)NC(=O)N(CC(=O)c2cc(C)n([C@@H](C)COC)c2C)C1=O. The van der Waals surface area contributed by atoms with E-state index in [1.165, 1.54) is 0 Å². The van der Waals surface area contributed by atoms with E-state index in [9.17, 15) is 14.4 Å². The van der Waals surface area contributed by atoms with Crippen molar-refractivity contribution in [3.8, 4) is 0 Å². The lowest BCUT2D eigenvalue weighted by molar-refractivity contribution is -0.131. The number of aromatic nitrogens is 1. The van der Waals surface area contributed by atoms with E-state index in [1.54, 1.807) is 7.11 Å². The maximum Gasteiger partial charge on any atom is 0.325 e. The van der Waals surface area contributed by atoms with Gasteiger partial charge in [-0.15, -0.1) is 0 Å². The van der Waals surface area contributed by atoms with E-state index >= 15 is 0 Å². The zero-order chi connectivity index (χ0) is 22.1. The molecule has 0 saturated carbocycles. The number of carbonyl (C=O) groups is 3. The number of rotatable bonds is 8. The number of nitrogens with zero attached hydrogens (tertiary/aromatic N) is 2. The van der Waals surface area contributed by atoms with E-state index in [4.69, 9.17) is 4.74 Å². The average Bonchev–Trinajstić information content (AvgIpc) is 3.16. The summed E-state index contributed by atoms with van der Waals surface area (Å²) in [4.78, 5) is 40.0. The molecule has 1 aromatic heterocycles. The maximum atomic E-state index is 13.3. The number of hydrogen-bond acceptors (Lipinski definition) is 4. The number of amides is 3. The third-order valence-electron chi connectivity index (χ3n) is 5.91. The van der Waals surface area contributed by atoms with Gasteiger partial charge in [-0.3, -0.25) is 14.5 Å². The second-order valence-electron chi connectivity index (χ2n) is 7.83. The highest BCUT2D eigenvalue weighted by atomic mass is 16.5. The third kappa shape index (κ3) is 3.54. The minimum atomic E-state index is -1.14. The first kappa shape index (κ1) is 21.8. The normalized spacial score (nSPS) is 19.8. The van der Waals surface area contributed by atoms with Crippen molar-refractivity contribution in [2.24, 2.45) is 0 Å². The Hall–Kier alpha value is -2.93. The van der Waals surface area contributed by atoms with Gasteiger partial charge in [0.2, 0.25) is 0 Å².